The average molecular weight is 398 g/mol. The van der Waals surface area contributed by atoms with Crippen molar-refractivity contribution in [2.45, 2.75) is 0 Å². The van der Waals surface area contributed by atoms with Gasteiger partial charge in [-0.15, -0.1) is 0 Å². The van der Waals surface area contributed by atoms with Gasteiger partial charge < -0.3 is 9.73 Å². The van der Waals surface area contributed by atoms with E-state index in [-0.39, 0.29) is 5.91 Å². The van der Waals surface area contributed by atoms with Crippen molar-refractivity contribution in [3.05, 3.63) is 102 Å². The molecular formula is C25H16ClNO2. The summed E-state index contributed by atoms with van der Waals surface area (Å²) >= 11 is 6.06. The summed E-state index contributed by atoms with van der Waals surface area (Å²) in [6.07, 6.45) is 0. The van der Waals surface area contributed by atoms with E-state index in [0.29, 0.717) is 22.0 Å². The SMILES string of the molecule is O=C(Nc1c(-c2ccc(Cl)cc2)oc2ccc3ccccc3c12)c1ccccc1. The van der Waals surface area contributed by atoms with Crippen LogP contribution < -0.4 is 5.32 Å². The Hall–Kier alpha value is -3.56. The third-order valence-corrected chi connectivity index (χ3v) is 5.21. The third kappa shape index (κ3) is 3.16. The van der Waals surface area contributed by atoms with Gasteiger partial charge in [0.2, 0.25) is 0 Å². The highest BCUT2D eigenvalue weighted by molar-refractivity contribution is 6.30. The minimum Gasteiger partial charge on any atom is -0.454 e. The summed E-state index contributed by atoms with van der Waals surface area (Å²) in [5.74, 6) is 0.425. The van der Waals surface area contributed by atoms with Gasteiger partial charge in [0.25, 0.3) is 5.91 Å². The van der Waals surface area contributed by atoms with Crippen molar-refractivity contribution in [1.82, 2.24) is 0 Å². The molecule has 0 fully saturated rings. The average Bonchev–Trinajstić information content (AvgIpc) is 3.13. The lowest BCUT2D eigenvalue weighted by Gasteiger charge is -2.08. The largest absolute Gasteiger partial charge is 0.454 e. The first-order chi connectivity index (χ1) is 14.2. The molecule has 1 aromatic heterocycles. The van der Waals surface area contributed by atoms with Crippen LogP contribution in [0.4, 0.5) is 5.69 Å². The Morgan fingerprint density at radius 2 is 1.52 bits per heavy atom. The summed E-state index contributed by atoms with van der Waals surface area (Å²) in [6, 6.07) is 28.6. The quantitative estimate of drug-likeness (QED) is 0.351. The molecule has 0 saturated heterocycles. The third-order valence-electron chi connectivity index (χ3n) is 4.96. The van der Waals surface area contributed by atoms with Crippen molar-refractivity contribution in [3.63, 3.8) is 0 Å². The number of amides is 1. The lowest BCUT2D eigenvalue weighted by molar-refractivity contribution is 0.102. The number of anilines is 1. The van der Waals surface area contributed by atoms with Crippen LogP contribution in [0.2, 0.25) is 5.02 Å². The fourth-order valence-electron chi connectivity index (χ4n) is 3.57. The van der Waals surface area contributed by atoms with Crippen molar-refractivity contribution < 1.29 is 9.21 Å². The molecule has 1 amide bonds. The predicted octanol–water partition coefficient (Wildman–Crippen LogP) is 7.16. The molecule has 0 aliphatic heterocycles. The summed E-state index contributed by atoms with van der Waals surface area (Å²) in [4.78, 5) is 13.0. The molecule has 5 rings (SSSR count). The van der Waals surface area contributed by atoms with E-state index < -0.39 is 0 Å². The maximum Gasteiger partial charge on any atom is 0.255 e. The highest BCUT2D eigenvalue weighted by Crippen LogP contribution is 2.42. The Morgan fingerprint density at radius 1 is 0.793 bits per heavy atom. The zero-order valence-corrected chi connectivity index (χ0v) is 16.1. The number of halogens is 1. The van der Waals surface area contributed by atoms with E-state index in [9.17, 15) is 4.79 Å². The molecular weight excluding hydrogens is 382 g/mol. The molecule has 0 aliphatic rings. The summed E-state index contributed by atoms with van der Waals surface area (Å²) in [6.45, 7) is 0. The zero-order valence-electron chi connectivity index (χ0n) is 15.4. The Labute approximate surface area is 172 Å². The first-order valence-electron chi connectivity index (χ1n) is 9.27. The number of rotatable bonds is 3. The van der Waals surface area contributed by atoms with Gasteiger partial charge in [-0.1, -0.05) is 60.1 Å². The maximum atomic E-state index is 13.0. The van der Waals surface area contributed by atoms with Crippen LogP contribution in [-0.4, -0.2) is 5.91 Å². The molecule has 0 unspecified atom stereocenters. The fraction of sp³-hybridized carbons (Fsp3) is 0. The van der Waals surface area contributed by atoms with Gasteiger partial charge in [-0.2, -0.15) is 0 Å². The topological polar surface area (TPSA) is 42.2 Å². The first kappa shape index (κ1) is 17.5. The predicted molar refractivity (Wildman–Crippen MR) is 119 cm³/mol. The molecule has 0 atom stereocenters. The maximum absolute atomic E-state index is 13.0. The number of fused-ring (bicyclic) bond motifs is 3. The fourth-order valence-corrected chi connectivity index (χ4v) is 3.69. The summed E-state index contributed by atoms with van der Waals surface area (Å²) in [5, 5.41) is 6.73. The van der Waals surface area contributed by atoms with Crippen LogP contribution in [0.1, 0.15) is 10.4 Å². The van der Waals surface area contributed by atoms with E-state index >= 15 is 0 Å². The second-order valence-corrected chi connectivity index (χ2v) is 7.23. The van der Waals surface area contributed by atoms with Crippen LogP contribution in [0.5, 0.6) is 0 Å². The highest BCUT2D eigenvalue weighted by Gasteiger charge is 2.20. The molecule has 0 spiro atoms. The van der Waals surface area contributed by atoms with Crippen LogP contribution in [0, 0.1) is 0 Å². The molecule has 1 heterocycles. The molecule has 29 heavy (non-hydrogen) atoms. The van der Waals surface area contributed by atoms with Crippen LogP contribution in [-0.2, 0) is 0 Å². The van der Waals surface area contributed by atoms with Gasteiger partial charge in [0, 0.05) is 16.1 Å². The second kappa shape index (κ2) is 7.12. The number of carbonyl (C=O) groups is 1. The van der Waals surface area contributed by atoms with Gasteiger partial charge in [0.05, 0.1) is 11.1 Å². The van der Waals surface area contributed by atoms with Crippen LogP contribution in [0.15, 0.2) is 95.4 Å². The molecule has 0 aliphatic carbocycles. The van der Waals surface area contributed by atoms with Gasteiger partial charge in [-0.25, -0.2) is 0 Å². The molecule has 4 heteroatoms. The van der Waals surface area contributed by atoms with E-state index in [2.05, 4.69) is 5.32 Å². The van der Waals surface area contributed by atoms with Crippen LogP contribution in [0.25, 0.3) is 33.1 Å². The molecule has 3 nitrogen and oxygen atoms in total. The number of carbonyl (C=O) groups excluding carboxylic acids is 1. The molecule has 0 saturated carbocycles. The zero-order chi connectivity index (χ0) is 19.8. The Balaban J connectivity index is 1.75. The van der Waals surface area contributed by atoms with Gasteiger partial charge >= 0.3 is 0 Å². The van der Waals surface area contributed by atoms with Crippen molar-refractivity contribution in [2.75, 3.05) is 5.32 Å². The first-order valence-corrected chi connectivity index (χ1v) is 9.65. The standard InChI is InChI=1S/C25H16ClNO2/c26-19-13-10-17(11-14-19)24-23(27-25(28)18-7-2-1-3-8-18)22-20-9-5-4-6-16(20)12-15-21(22)29-24/h1-15H,(H,27,28). The van der Waals surface area contributed by atoms with Gasteiger partial charge in [-0.3, -0.25) is 4.79 Å². The monoisotopic (exact) mass is 397 g/mol. The smallest absolute Gasteiger partial charge is 0.255 e. The second-order valence-electron chi connectivity index (χ2n) is 6.79. The van der Waals surface area contributed by atoms with Crippen LogP contribution >= 0.6 is 11.6 Å². The van der Waals surface area contributed by atoms with Crippen molar-refractivity contribution >= 4 is 44.9 Å². The summed E-state index contributed by atoms with van der Waals surface area (Å²) in [7, 11) is 0. The molecule has 140 valence electrons. The molecule has 1 N–H and O–H groups in total. The highest BCUT2D eigenvalue weighted by atomic mass is 35.5. The van der Waals surface area contributed by atoms with E-state index in [1.54, 1.807) is 12.1 Å². The number of hydrogen-bond donors (Lipinski definition) is 1. The van der Waals surface area contributed by atoms with Crippen molar-refractivity contribution in [1.29, 1.82) is 0 Å². The van der Waals surface area contributed by atoms with Gasteiger partial charge in [-0.05, 0) is 53.2 Å². The minimum atomic E-state index is -0.184. The van der Waals surface area contributed by atoms with Crippen LogP contribution in [0.3, 0.4) is 0 Å². The van der Waals surface area contributed by atoms with E-state index in [1.807, 2.05) is 78.9 Å². The number of nitrogens with one attached hydrogen (secondary N) is 1. The minimum absolute atomic E-state index is 0.184. The number of furan rings is 1. The van der Waals surface area contributed by atoms with Gasteiger partial charge in [0.1, 0.15) is 5.58 Å². The molecule has 4 aromatic carbocycles. The molecule has 5 aromatic rings. The van der Waals surface area contributed by atoms with E-state index in [1.165, 1.54) is 0 Å². The lowest BCUT2D eigenvalue weighted by atomic mass is 10.0. The Bertz CT molecular complexity index is 1340. The number of benzene rings is 4. The Morgan fingerprint density at radius 3 is 2.31 bits per heavy atom. The molecule has 0 bridgehead atoms. The normalized spacial score (nSPS) is 11.1. The van der Waals surface area contributed by atoms with Gasteiger partial charge in [0.15, 0.2) is 5.76 Å². The van der Waals surface area contributed by atoms with Crippen molar-refractivity contribution in [2.24, 2.45) is 0 Å². The van der Waals surface area contributed by atoms with Crippen molar-refractivity contribution in [3.8, 4) is 11.3 Å². The number of hydrogen-bond acceptors (Lipinski definition) is 2. The Kier molecular flexibility index (Phi) is 4.30. The van der Waals surface area contributed by atoms with E-state index in [0.717, 1.165) is 27.3 Å². The molecule has 0 radical (unpaired) electrons. The summed E-state index contributed by atoms with van der Waals surface area (Å²) in [5.41, 5.74) is 2.81. The lowest BCUT2D eigenvalue weighted by Crippen LogP contribution is -2.12. The van der Waals surface area contributed by atoms with E-state index in [4.69, 9.17) is 16.0 Å². The summed E-state index contributed by atoms with van der Waals surface area (Å²) < 4.78 is 6.21.